The smallest absolute Gasteiger partial charge is 0.243 e. The third-order valence-corrected chi connectivity index (χ3v) is 5.90. The fraction of sp³-hybridized carbons (Fsp3) is 0.417. The topological polar surface area (TPSA) is 49.4 Å². The zero-order chi connectivity index (χ0) is 22.3. The normalized spacial score (nSPS) is 12.9. The number of nitrogens with zero attached hydrogens (tertiary/aromatic N) is 1. The molecule has 0 saturated heterocycles. The molecule has 1 N–H and O–H groups in total. The van der Waals surface area contributed by atoms with Crippen molar-refractivity contribution in [3.63, 3.8) is 0 Å². The maximum absolute atomic E-state index is 13.3. The minimum Gasteiger partial charge on any atom is -0.352 e. The van der Waals surface area contributed by atoms with Gasteiger partial charge in [-0.1, -0.05) is 72.9 Å². The third-order valence-electron chi connectivity index (χ3n) is 5.16. The predicted molar refractivity (Wildman–Crippen MR) is 124 cm³/mol. The van der Waals surface area contributed by atoms with Crippen molar-refractivity contribution in [1.29, 1.82) is 0 Å². The molecule has 162 valence electrons. The van der Waals surface area contributed by atoms with Crippen LogP contribution in [-0.2, 0) is 22.6 Å². The standard InChI is InChI=1S/C24H30Cl2N2O2/c1-5-17(4)27-24(30)22(6-2)28(15-19-10-11-20(25)21(26)13-19)23(29)14-18-9-7-8-16(3)12-18/h7-13,17,22H,5-6,14-15H2,1-4H3,(H,27,30)/t17-,22-/m1/s1. The number of nitrogens with one attached hydrogen (secondary N) is 1. The Morgan fingerprint density at radius 3 is 2.33 bits per heavy atom. The Bertz CT molecular complexity index is 885. The van der Waals surface area contributed by atoms with Crippen molar-refractivity contribution in [2.75, 3.05) is 0 Å². The molecule has 0 heterocycles. The number of halogens is 2. The van der Waals surface area contributed by atoms with Crippen molar-refractivity contribution in [1.82, 2.24) is 10.2 Å². The van der Waals surface area contributed by atoms with Crippen LogP contribution in [0.3, 0.4) is 0 Å². The van der Waals surface area contributed by atoms with E-state index in [1.807, 2.05) is 58.0 Å². The maximum Gasteiger partial charge on any atom is 0.243 e. The Labute approximate surface area is 189 Å². The quantitative estimate of drug-likeness (QED) is 0.545. The molecule has 0 spiro atoms. The molecular formula is C24H30Cl2N2O2. The average molecular weight is 449 g/mol. The predicted octanol–water partition coefficient (Wildman–Crippen LogP) is 5.57. The second-order valence-electron chi connectivity index (χ2n) is 7.68. The summed E-state index contributed by atoms with van der Waals surface area (Å²) in [5.74, 6) is -0.234. The van der Waals surface area contributed by atoms with E-state index in [2.05, 4.69) is 5.32 Å². The van der Waals surface area contributed by atoms with Gasteiger partial charge in [0.05, 0.1) is 16.5 Å². The van der Waals surface area contributed by atoms with Crippen LogP contribution in [0.2, 0.25) is 10.0 Å². The van der Waals surface area contributed by atoms with Crippen molar-refractivity contribution >= 4 is 35.0 Å². The number of benzene rings is 2. The van der Waals surface area contributed by atoms with Crippen LogP contribution in [-0.4, -0.2) is 28.8 Å². The van der Waals surface area contributed by atoms with Crippen LogP contribution in [0.15, 0.2) is 42.5 Å². The van der Waals surface area contributed by atoms with Gasteiger partial charge in [0.1, 0.15) is 6.04 Å². The van der Waals surface area contributed by atoms with Crippen molar-refractivity contribution in [2.24, 2.45) is 0 Å². The van der Waals surface area contributed by atoms with Crippen LogP contribution in [0.25, 0.3) is 0 Å². The lowest BCUT2D eigenvalue weighted by atomic mass is 10.0. The summed E-state index contributed by atoms with van der Waals surface area (Å²) in [6, 6.07) is 12.6. The fourth-order valence-corrected chi connectivity index (χ4v) is 3.61. The van der Waals surface area contributed by atoms with Crippen LogP contribution in [0.5, 0.6) is 0 Å². The van der Waals surface area contributed by atoms with Crippen molar-refractivity contribution < 1.29 is 9.59 Å². The molecule has 0 unspecified atom stereocenters. The Kier molecular flexibility index (Phi) is 9.19. The summed E-state index contributed by atoms with van der Waals surface area (Å²) < 4.78 is 0. The number of carbonyl (C=O) groups excluding carboxylic acids is 2. The molecule has 0 aliphatic rings. The van der Waals surface area contributed by atoms with Gasteiger partial charge >= 0.3 is 0 Å². The van der Waals surface area contributed by atoms with Gasteiger partial charge < -0.3 is 10.2 Å². The van der Waals surface area contributed by atoms with Gasteiger partial charge in [-0.15, -0.1) is 0 Å². The van der Waals surface area contributed by atoms with Gasteiger partial charge in [0.15, 0.2) is 0 Å². The molecule has 2 atom stereocenters. The van der Waals surface area contributed by atoms with Gasteiger partial charge in [-0.2, -0.15) is 0 Å². The van der Waals surface area contributed by atoms with E-state index < -0.39 is 6.04 Å². The minimum atomic E-state index is -0.564. The molecule has 0 aromatic heterocycles. The Balaban J connectivity index is 2.32. The van der Waals surface area contributed by atoms with Gasteiger partial charge in [-0.25, -0.2) is 0 Å². The highest BCUT2D eigenvalue weighted by atomic mass is 35.5. The van der Waals surface area contributed by atoms with E-state index in [0.717, 1.165) is 23.1 Å². The first-order valence-corrected chi connectivity index (χ1v) is 11.1. The van der Waals surface area contributed by atoms with Crippen molar-refractivity contribution in [3.8, 4) is 0 Å². The first-order valence-electron chi connectivity index (χ1n) is 10.3. The highest BCUT2D eigenvalue weighted by molar-refractivity contribution is 6.42. The molecule has 2 aromatic rings. The Morgan fingerprint density at radius 2 is 1.73 bits per heavy atom. The van der Waals surface area contributed by atoms with Gasteiger partial charge in [0.2, 0.25) is 11.8 Å². The number of amides is 2. The van der Waals surface area contributed by atoms with Gasteiger partial charge in [-0.05, 0) is 49.9 Å². The molecule has 6 heteroatoms. The van der Waals surface area contributed by atoms with Gasteiger partial charge in [0, 0.05) is 12.6 Å². The summed E-state index contributed by atoms with van der Waals surface area (Å²) in [7, 11) is 0. The lowest BCUT2D eigenvalue weighted by molar-refractivity contribution is -0.141. The number of rotatable bonds is 9. The largest absolute Gasteiger partial charge is 0.352 e. The lowest BCUT2D eigenvalue weighted by Crippen LogP contribution is -2.51. The maximum atomic E-state index is 13.3. The molecule has 2 amide bonds. The molecule has 0 saturated carbocycles. The van der Waals surface area contributed by atoms with E-state index in [-0.39, 0.29) is 30.8 Å². The van der Waals surface area contributed by atoms with Crippen LogP contribution < -0.4 is 5.32 Å². The van der Waals surface area contributed by atoms with E-state index in [9.17, 15) is 9.59 Å². The molecule has 2 aromatic carbocycles. The number of hydrogen-bond donors (Lipinski definition) is 1. The molecule has 0 fully saturated rings. The third kappa shape index (κ3) is 6.75. The van der Waals surface area contributed by atoms with Crippen molar-refractivity contribution in [2.45, 2.75) is 65.6 Å². The summed E-state index contributed by atoms with van der Waals surface area (Å²) >= 11 is 12.2. The summed E-state index contributed by atoms with van der Waals surface area (Å²) in [4.78, 5) is 27.9. The van der Waals surface area contributed by atoms with Crippen molar-refractivity contribution in [3.05, 3.63) is 69.2 Å². The molecular weight excluding hydrogens is 419 g/mol. The fourth-order valence-electron chi connectivity index (χ4n) is 3.29. The first-order chi connectivity index (χ1) is 14.2. The molecule has 0 radical (unpaired) electrons. The zero-order valence-electron chi connectivity index (χ0n) is 18.0. The van der Waals surface area contributed by atoms with E-state index in [1.165, 1.54) is 0 Å². The summed E-state index contributed by atoms with van der Waals surface area (Å²) in [5.41, 5.74) is 2.85. The highest BCUT2D eigenvalue weighted by Gasteiger charge is 2.29. The Hall–Kier alpha value is -2.04. The summed E-state index contributed by atoms with van der Waals surface area (Å²) in [5, 5.41) is 3.90. The summed E-state index contributed by atoms with van der Waals surface area (Å²) in [6.07, 6.45) is 1.57. The minimum absolute atomic E-state index is 0.0465. The zero-order valence-corrected chi connectivity index (χ0v) is 19.6. The van der Waals surface area contributed by atoms with Crippen LogP contribution in [0, 0.1) is 6.92 Å². The summed E-state index contributed by atoms with van der Waals surface area (Å²) in [6.45, 7) is 8.18. The van der Waals surface area contributed by atoms with E-state index >= 15 is 0 Å². The molecule has 0 aliphatic carbocycles. The Morgan fingerprint density at radius 1 is 1.00 bits per heavy atom. The van der Waals surface area contributed by atoms with E-state index in [0.29, 0.717) is 16.5 Å². The van der Waals surface area contributed by atoms with Crippen LogP contribution >= 0.6 is 23.2 Å². The van der Waals surface area contributed by atoms with Crippen LogP contribution in [0.4, 0.5) is 0 Å². The lowest BCUT2D eigenvalue weighted by Gasteiger charge is -2.31. The number of carbonyl (C=O) groups is 2. The average Bonchev–Trinajstić information content (AvgIpc) is 2.70. The molecule has 30 heavy (non-hydrogen) atoms. The molecule has 2 rings (SSSR count). The second kappa shape index (κ2) is 11.4. The van der Waals surface area contributed by atoms with Gasteiger partial charge in [0.25, 0.3) is 0 Å². The number of hydrogen-bond acceptors (Lipinski definition) is 2. The van der Waals surface area contributed by atoms with Crippen LogP contribution in [0.1, 0.15) is 50.3 Å². The molecule has 0 bridgehead atoms. The SMILES string of the molecule is CC[C@@H](C)NC(=O)[C@@H](CC)N(Cc1ccc(Cl)c(Cl)c1)C(=O)Cc1cccc(C)c1. The first kappa shape index (κ1) is 24.2. The molecule has 4 nitrogen and oxygen atoms in total. The van der Waals surface area contributed by atoms with Gasteiger partial charge in [-0.3, -0.25) is 9.59 Å². The monoisotopic (exact) mass is 448 g/mol. The number of aryl methyl sites for hydroxylation is 1. The van der Waals surface area contributed by atoms with E-state index in [1.54, 1.807) is 17.0 Å². The second-order valence-corrected chi connectivity index (χ2v) is 8.49. The van der Waals surface area contributed by atoms with E-state index in [4.69, 9.17) is 23.2 Å². The highest BCUT2D eigenvalue weighted by Crippen LogP contribution is 2.24. The molecule has 0 aliphatic heterocycles.